The first-order valence-corrected chi connectivity index (χ1v) is 8.99. The van der Waals surface area contributed by atoms with Gasteiger partial charge in [0.1, 0.15) is 29.7 Å². The fourth-order valence-corrected chi connectivity index (χ4v) is 3.20. The van der Waals surface area contributed by atoms with Crippen LogP contribution in [0, 0.1) is 0 Å². The van der Waals surface area contributed by atoms with Crippen molar-refractivity contribution in [2.24, 2.45) is 0 Å². The van der Waals surface area contributed by atoms with Crippen molar-refractivity contribution in [2.75, 3.05) is 6.61 Å². The molecule has 27 heavy (non-hydrogen) atoms. The largest absolute Gasteiger partial charge is 0.491 e. The van der Waals surface area contributed by atoms with Gasteiger partial charge in [-0.05, 0) is 36.8 Å². The van der Waals surface area contributed by atoms with E-state index in [0.717, 1.165) is 27.8 Å². The van der Waals surface area contributed by atoms with Crippen LogP contribution in [0.5, 0.6) is 5.75 Å². The molecule has 1 N–H and O–H groups in total. The van der Waals surface area contributed by atoms with Gasteiger partial charge in [-0.1, -0.05) is 41.9 Å². The van der Waals surface area contributed by atoms with E-state index in [1.54, 1.807) is 6.92 Å². The van der Waals surface area contributed by atoms with Gasteiger partial charge >= 0.3 is 0 Å². The van der Waals surface area contributed by atoms with Gasteiger partial charge in [-0.15, -0.1) is 0 Å². The monoisotopic (exact) mass is 379 g/mol. The average molecular weight is 380 g/mol. The molecule has 4 aromatic rings. The van der Waals surface area contributed by atoms with Crippen molar-refractivity contribution in [3.63, 3.8) is 0 Å². The minimum Gasteiger partial charge on any atom is -0.491 e. The molecule has 0 unspecified atom stereocenters. The summed E-state index contributed by atoms with van der Waals surface area (Å²) in [5, 5.41) is 9.76. The Labute approximate surface area is 161 Å². The van der Waals surface area contributed by atoms with Gasteiger partial charge < -0.3 is 14.4 Å². The highest BCUT2D eigenvalue weighted by Gasteiger charge is 2.16. The fourth-order valence-electron chi connectivity index (χ4n) is 2.97. The molecule has 0 aliphatic heterocycles. The molecule has 2 aromatic carbocycles. The van der Waals surface area contributed by atoms with Crippen molar-refractivity contribution in [2.45, 2.75) is 13.0 Å². The summed E-state index contributed by atoms with van der Waals surface area (Å²) in [6.07, 6.45) is 2.99. The second kappa shape index (κ2) is 7.39. The molecule has 136 valence electrons. The van der Waals surface area contributed by atoms with Crippen molar-refractivity contribution in [1.82, 2.24) is 14.5 Å². The van der Waals surface area contributed by atoms with Crippen molar-refractivity contribution in [3.05, 3.63) is 72.3 Å². The Bertz CT molecular complexity index is 1060. The van der Waals surface area contributed by atoms with E-state index >= 15 is 0 Å². The van der Waals surface area contributed by atoms with Crippen LogP contribution in [0.3, 0.4) is 0 Å². The van der Waals surface area contributed by atoms with Crippen LogP contribution in [0.1, 0.15) is 6.92 Å². The molecule has 6 heteroatoms. The predicted molar refractivity (Wildman–Crippen MR) is 106 cm³/mol. The summed E-state index contributed by atoms with van der Waals surface area (Å²) in [4.78, 5) is 8.61. The van der Waals surface area contributed by atoms with Crippen molar-refractivity contribution < 1.29 is 9.84 Å². The van der Waals surface area contributed by atoms with E-state index in [1.165, 1.54) is 6.33 Å². The maximum absolute atomic E-state index is 9.35. The van der Waals surface area contributed by atoms with Gasteiger partial charge in [0.05, 0.1) is 6.10 Å². The number of hydrogen-bond donors (Lipinski definition) is 1. The minimum atomic E-state index is -0.507. The zero-order valence-electron chi connectivity index (χ0n) is 14.7. The summed E-state index contributed by atoms with van der Waals surface area (Å²) in [5.74, 6) is 0.708. The SMILES string of the molecule is C[C@@H](O)COc1ccc(-c2cn(-c3ccccc3)c3c(Cl)ncnc23)cc1. The first-order valence-electron chi connectivity index (χ1n) is 8.62. The second-order valence-corrected chi connectivity index (χ2v) is 6.65. The van der Waals surface area contributed by atoms with Gasteiger partial charge in [-0.2, -0.15) is 0 Å². The second-order valence-electron chi connectivity index (χ2n) is 6.29. The lowest BCUT2D eigenvalue weighted by atomic mass is 10.1. The Kier molecular flexibility index (Phi) is 4.79. The number of para-hydroxylation sites is 1. The molecular formula is C21H18ClN3O2. The molecule has 0 amide bonds. The summed E-state index contributed by atoms with van der Waals surface area (Å²) in [5.41, 5.74) is 4.50. The van der Waals surface area contributed by atoms with E-state index in [9.17, 15) is 5.11 Å². The highest BCUT2D eigenvalue weighted by Crippen LogP contribution is 2.34. The van der Waals surface area contributed by atoms with Gasteiger partial charge in [0.25, 0.3) is 0 Å². The number of ether oxygens (including phenoxy) is 1. The number of aromatic nitrogens is 3. The molecular weight excluding hydrogens is 362 g/mol. The normalized spacial score (nSPS) is 12.3. The van der Waals surface area contributed by atoms with Crippen LogP contribution in [-0.2, 0) is 0 Å². The van der Waals surface area contributed by atoms with Crippen LogP contribution in [0.15, 0.2) is 67.1 Å². The number of rotatable bonds is 5. The number of hydrogen-bond acceptors (Lipinski definition) is 4. The van der Waals surface area contributed by atoms with Crippen molar-refractivity contribution in [3.8, 4) is 22.6 Å². The Balaban J connectivity index is 1.80. The number of benzene rings is 2. The smallest absolute Gasteiger partial charge is 0.157 e. The summed E-state index contributed by atoms with van der Waals surface area (Å²) < 4.78 is 7.54. The molecule has 0 spiro atoms. The Hall–Kier alpha value is -2.89. The Morgan fingerprint density at radius 3 is 2.52 bits per heavy atom. The van der Waals surface area contributed by atoms with E-state index in [0.29, 0.717) is 10.9 Å². The number of nitrogens with zero attached hydrogens (tertiary/aromatic N) is 3. The van der Waals surface area contributed by atoms with Gasteiger partial charge in [0, 0.05) is 17.4 Å². The number of aliphatic hydroxyl groups excluding tert-OH is 1. The van der Waals surface area contributed by atoms with Crippen LogP contribution in [0.4, 0.5) is 0 Å². The molecule has 0 bridgehead atoms. The van der Waals surface area contributed by atoms with Crippen LogP contribution in [-0.4, -0.2) is 32.4 Å². The molecule has 0 aliphatic carbocycles. The lowest BCUT2D eigenvalue weighted by Crippen LogP contribution is -2.12. The van der Waals surface area contributed by atoms with E-state index in [4.69, 9.17) is 16.3 Å². The van der Waals surface area contributed by atoms with Gasteiger partial charge in [0.15, 0.2) is 5.15 Å². The summed E-state index contributed by atoms with van der Waals surface area (Å²) >= 11 is 6.39. The first-order chi connectivity index (χ1) is 13.1. The fraction of sp³-hybridized carbons (Fsp3) is 0.143. The third kappa shape index (κ3) is 3.52. The molecule has 0 aliphatic rings. The maximum atomic E-state index is 9.35. The molecule has 0 saturated carbocycles. The van der Waals surface area contributed by atoms with E-state index in [-0.39, 0.29) is 6.61 Å². The molecule has 0 fully saturated rings. The van der Waals surface area contributed by atoms with Crippen LogP contribution >= 0.6 is 11.6 Å². The highest BCUT2D eigenvalue weighted by molar-refractivity contribution is 6.34. The molecule has 0 radical (unpaired) electrons. The molecule has 1 atom stereocenters. The van der Waals surface area contributed by atoms with Crippen molar-refractivity contribution in [1.29, 1.82) is 0 Å². The van der Waals surface area contributed by atoms with Crippen LogP contribution < -0.4 is 4.74 Å². The standard InChI is InChI=1S/C21H18ClN3O2/c1-14(26)12-27-17-9-7-15(8-10-17)18-11-25(16-5-3-2-4-6-16)20-19(18)23-13-24-21(20)22/h2-11,13-14,26H,12H2,1H3/t14-/m1/s1. The zero-order valence-corrected chi connectivity index (χ0v) is 15.5. The Morgan fingerprint density at radius 2 is 1.81 bits per heavy atom. The summed E-state index contributed by atoms with van der Waals surface area (Å²) in [6, 6.07) is 17.7. The van der Waals surface area contributed by atoms with Crippen LogP contribution in [0.2, 0.25) is 5.15 Å². The quantitative estimate of drug-likeness (QED) is 0.518. The third-order valence-electron chi connectivity index (χ3n) is 4.22. The zero-order chi connectivity index (χ0) is 18.8. The van der Waals surface area contributed by atoms with Gasteiger partial charge in [-0.3, -0.25) is 0 Å². The highest BCUT2D eigenvalue weighted by atomic mass is 35.5. The molecule has 4 rings (SSSR count). The van der Waals surface area contributed by atoms with Crippen molar-refractivity contribution >= 4 is 22.6 Å². The summed E-state index contributed by atoms with van der Waals surface area (Å²) in [6.45, 7) is 1.95. The Morgan fingerprint density at radius 1 is 1.07 bits per heavy atom. The average Bonchev–Trinajstić information content (AvgIpc) is 3.08. The number of halogens is 1. The van der Waals surface area contributed by atoms with E-state index in [2.05, 4.69) is 9.97 Å². The molecule has 2 aromatic heterocycles. The molecule has 5 nitrogen and oxygen atoms in total. The van der Waals surface area contributed by atoms with Gasteiger partial charge in [0.2, 0.25) is 0 Å². The number of aliphatic hydroxyl groups is 1. The molecule has 0 saturated heterocycles. The first kappa shape index (κ1) is 17.5. The lowest BCUT2D eigenvalue weighted by Gasteiger charge is -2.08. The predicted octanol–water partition coefficient (Wildman–Crippen LogP) is 4.50. The lowest BCUT2D eigenvalue weighted by molar-refractivity contribution is 0.123. The third-order valence-corrected chi connectivity index (χ3v) is 4.50. The van der Waals surface area contributed by atoms with E-state index in [1.807, 2.05) is 65.4 Å². The molecule has 2 heterocycles. The topological polar surface area (TPSA) is 60.2 Å². The van der Waals surface area contributed by atoms with Crippen LogP contribution in [0.25, 0.3) is 27.8 Å². The maximum Gasteiger partial charge on any atom is 0.157 e. The van der Waals surface area contributed by atoms with E-state index < -0.39 is 6.10 Å². The number of fused-ring (bicyclic) bond motifs is 1. The minimum absolute atomic E-state index is 0.259. The summed E-state index contributed by atoms with van der Waals surface area (Å²) in [7, 11) is 0. The van der Waals surface area contributed by atoms with Gasteiger partial charge in [-0.25, -0.2) is 9.97 Å².